The zero-order valence-corrected chi connectivity index (χ0v) is 18.8. The topological polar surface area (TPSA) is 121 Å². The number of imidazole rings is 1. The largest absolute Gasteiger partial charge is 0.493 e. The molecule has 2 heterocycles. The molecular formula is C22H19N5O5S. The Morgan fingerprint density at radius 1 is 1.15 bits per heavy atom. The second-order valence-corrected chi connectivity index (χ2v) is 7.68. The van der Waals surface area contributed by atoms with E-state index in [1.54, 1.807) is 11.5 Å². The zero-order valence-electron chi connectivity index (χ0n) is 17.9. The quantitative estimate of drug-likeness (QED) is 0.315. The third-order valence-electron chi connectivity index (χ3n) is 4.88. The molecule has 0 bridgehead atoms. The number of hydrogen-bond donors (Lipinski definition) is 1. The molecule has 0 fully saturated rings. The number of nitro benzene ring substituents is 1. The normalized spacial score (nSPS) is 10.6. The van der Waals surface area contributed by atoms with Gasteiger partial charge in [0.2, 0.25) is 0 Å². The Kier molecular flexibility index (Phi) is 6.05. The molecule has 0 radical (unpaired) electrons. The van der Waals surface area contributed by atoms with Crippen molar-refractivity contribution in [2.45, 2.75) is 6.92 Å². The van der Waals surface area contributed by atoms with Gasteiger partial charge < -0.3 is 14.8 Å². The monoisotopic (exact) mass is 465 g/mol. The van der Waals surface area contributed by atoms with Crippen molar-refractivity contribution in [1.29, 1.82) is 0 Å². The summed E-state index contributed by atoms with van der Waals surface area (Å²) in [6.07, 6.45) is 1.48. The SMILES string of the molecule is COc1cc(C(=O)Nc2cnc(C)n2-c2nc(-c3ccccc3)cs2)c([N+](=O)[O-])cc1OC. The van der Waals surface area contributed by atoms with Gasteiger partial charge in [-0.3, -0.25) is 19.5 Å². The second kappa shape index (κ2) is 9.09. The van der Waals surface area contributed by atoms with Crippen LogP contribution in [0.15, 0.2) is 54.0 Å². The number of ether oxygens (including phenoxy) is 2. The minimum Gasteiger partial charge on any atom is -0.493 e. The third kappa shape index (κ3) is 4.26. The Labute approximate surface area is 192 Å². The number of aryl methyl sites for hydroxylation is 1. The Hall–Kier alpha value is -4.25. The van der Waals surface area contributed by atoms with Crippen LogP contribution < -0.4 is 14.8 Å². The molecule has 1 N–H and O–H groups in total. The number of aromatic nitrogens is 3. The number of rotatable bonds is 7. The predicted octanol–water partition coefficient (Wildman–Crippen LogP) is 4.48. The number of nitrogens with one attached hydrogen (secondary N) is 1. The molecule has 0 unspecified atom stereocenters. The van der Waals surface area contributed by atoms with E-state index >= 15 is 0 Å². The lowest BCUT2D eigenvalue weighted by molar-refractivity contribution is -0.385. The molecule has 0 aliphatic heterocycles. The fourth-order valence-corrected chi connectivity index (χ4v) is 4.16. The van der Waals surface area contributed by atoms with E-state index < -0.39 is 16.5 Å². The fraction of sp³-hybridized carbons (Fsp3) is 0.136. The van der Waals surface area contributed by atoms with Gasteiger partial charge in [0, 0.05) is 17.0 Å². The highest BCUT2D eigenvalue weighted by atomic mass is 32.1. The van der Waals surface area contributed by atoms with E-state index in [0.717, 1.165) is 17.3 Å². The third-order valence-corrected chi connectivity index (χ3v) is 5.70. The number of nitrogens with zero attached hydrogens (tertiary/aromatic N) is 4. The van der Waals surface area contributed by atoms with Crippen molar-refractivity contribution in [3.8, 4) is 27.9 Å². The Morgan fingerprint density at radius 2 is 1.85 bits per heavy atom. The maximum absolute atomic E-state index is 13.1. The van der Waals surface area contributed by atoms with Crippen LogP contribution in [-0.4, -0.2) is 39.6 Å². The van der Waals surface area contributed by atoms with Crippen molar-refractivity contribution in [3.63, 3.8) is 0 Å². The summed E-state index contributed by atoms with van der Waals surface area (Å²) in [6.45, 7) is 1.78. The minimum atomic E-state index is -0.691. The van der Waals surface area contributed by atoms with Crippen LogP contribution in [0, 0.1) is 17.0 Å². The Balaban J connectivity index is 1.69. The fourth-order valence-electron chi connectivity index (χ4n) is 3.27. The van der Waals surface area contributed by atoms with E-state index in [1.807, 2.05) is 35.7 Å². The van der Waals surface area contributed by atoms with Crippen molar-refractivity contribution < 1.29 is 19.2 Å². The first-order valence-electron chi connectivity index (χ1n) is 9.70. The number of nitro groups is 1. The van der Waals surface area contributed by atoms with Crippen LogP contribution in [0.4, 0.5) is 11.5 Å². The number of hydrogen-bond acceptors (Lipinski definition) is 8. The summed E-state index contributed by atoms with van der Waals surface area (Å²) < 4.78 is 12.0. The number of carbonyl (C=O) groups is 1. The molecule has 10 nitrogen and oxygen atoms in total. The summed E-state index contributed by atoms with van der Waals surface area (Å²) >= 11 is 1.39. The van der Waals surface area contributed by atoms with Crippen LogP contribution in [0.1, 0.15) is 16.2 Å². The molecule has 0 saturated carbocycles. The molecule has 0 atom stereocenters. The molecule has 1 amide bonds. The molecule has 4 aromatic rings. The van der Waals surface area contributed by atoms with Crippen LogP contribution in [0.2, 0.25) is 0 Å². The summed E-state index contributed by atoms with van der Waals surface area (Å²) in [5.74, 6) is 0.587. The molecule has 11 heteroatoms. The molecule has 2 aromatic carbocycles. The van der Waals surface area contributed by atoms with Gasteiger partial charge in [0.15, 0.2) is 16.6 Å². The molecule has 4 rings (SSSR count). The molecule has 0 saturated heterocycles. The number of methoxy groups -OCH3 is 2. The summed E-state index contributed by atoms with van der Waals surface area (Å²) in [5, 5.41) is 16.8. The molecule has 168 valence electrons. The van der Waals surface area contributed by atoms with Crippen molar-refractivity contribution in [2.24, 2.45) is 0 Å². The summed E-state index contributed by atoms with van der Waals surface area (Å²) in [7, 11) is 2.75. The average molecular weight is 465 g/mol. The van der Waals surface area contributed by atoms with Crippen LogP contribution in [-0.2, 0) is 0 Å². The van der Waals surface area contributed by atoms with Gasteiger partial charge >= 0.3 is 0 Å². The number of carbonyl (C=O) groups excluding carboxylic acids is 1. The van der Waals surface area contributed by atoms with Crippen LogP contribution in [0.5, 0.6) is 11.5 Å². The molecule has 0 spiro atoms. The van der Waals surface area contributed by atoms with Gasteiger partial charge in [-0.1, -0.05) is 30.3 Å². The maximum Gasteiger partial charge on any atom is 0.286 e. The Bertz CT molecular complexity index is 1330. The van der Waals surface area contributed by atoms with E-state index in [-0.39, 0.29) is 17.1 Å². The number of benzene rings is 2. The van der Waals surface area contributed by atoms with Crippen molar-refractivity contribution in [1.82, 2.24) is 14.5 Å². The molecule has 0 aliphatic carbocycles. The lowest BCUT2D eigenvalue weighted by Gasteiger charge is -2.12. The highest BCUT2D eigenvalue weighted by Crippen LogP contribution is 2.35. The van der Waals surface area contributed by atoms with Gasteiger partial charge in [0.1, 0.15) is 17.2 Å². The number of amides is 1. The lowest BCUT2D eigenvalue weighted by atomic mass is 10.1. The minimum absolute atomic E-state index is 0.151. The van der Waals surface area contributed by atoms with E-state index in [1.165, 1.54) is 37.8 Å². The first-order valence-corrected chi connectivity index (χ1v) is 10.6. The average Bonchev–Trinajstić information content (AvgIpc) is 3.45. The van der Waals surface area contributed by atoms with Gasteiger partial charge in [-0.05, 0) is 6.92 Å². The standard InChI is InChI=1S/C22H19N5O5S/c1-13-23-11-20(26(13)22-24-16(12-33-22)14-7-5-4-6-8-14)25-21(28)15-9-18(31-2)19(32-3)10-17(15)27(29)30/h4-12H,1-3H3,(H,25,28). The van der Waals surface area contributed by atoms with Gasteiger partial charge in [-0.2, -0.15) is 0 Å². The Morgan fingerprint density at radius 3 is 2.52 bits per heavy atom. The van der Waals surface area contributed by atoms with Gasteiger partial charge in [0.05, 0.1) is 37.1 Å². The van der Waals surface area contributed by atoms with Crippen LogP contribution in [0.25, 0.3) is 16.4 Å². The second-order valence-electron chi connectivity index (χ2n) is 6.84. The predicted molar refractivity (Wildman–Crippen MR) is 124 cm³/mol. The molecule has 0 aliphatic rings. The highest BCUT2D eigenvalue weighted by Gasteiger charge is 2.26. The zero-order chi connectivity index (χ0) is 23.5. The molecular weight excluding hydrogens is 446 g/mol. The van der Waals surface area contributed by atoms with Crippen LogP contribution >= 0.6 is 11.3 Å². The van der Waals surface area contributed by atoms with Crippen LogP contribution in [0.3, 0.4) is 0 Å². The summed E-state index contributed by atoms with van der Waals surface area (Å²) in [5.41, 5.74) is 1.17. The van der Waals surface area contributed by atoms with Crippen molar-refractivity contribution in [2.75, 3.05) is 19.5 Å². The van der Waals surface area contributed by atoms with Gasteiger partial charge in [-0.15, -0.1) is 11.3 Å². The summed E-state index contributed by atoms with van der Waals surface area (Å²) in [4.78, 5) is 32.9. The lowest BCUT2D eigenvalue weighted by Crippen LogP contribution is -2.17. The van der Waals surface area contributed by atoms with Crippen molar-refractivity contribution >= 4 is 28.7 Å². The van der Waals surface area contributed by atoms with E-state index in [0.29, 0.717) is 16.8 Å². The van der Waals surface area contributed by atoms with E-state index in [9.17, 15) is 14.9 Å². The molecule has 2 aromatic heterocycles. The first kappa shape index (κ1) is 22.0. The number of anilines is 1. The van der Waals surface area contributed by atoms with Crippen molar-refractivity contribution in [3.05, 3.63) is 75.5 Å². The number of thiazole rings is 1. The van der Waals surface area contributed by atoms with Gasteiger partial charge in [-0.25, -0.2) is 9.97 Å². The highest BCUT2D eigenvalue weighted by molar-refractivity contribution is 7.12. The van der Waals surface area contributed by atoms with E-state index in [4.69, 9.17) is 9.47 Å². The summed E-state index contributed by atoms with van der Waals surface area (Å²) in [6, 6.07) is 12.1. The maximum atomic E-state index is 13.1. The first-order chi connectivity index (χ1) is 15.9. The smallest absolute Gasteiger partial charge is 0.286 e. The van der Waals surface area contributed by atoms with E-state index in [2.05, 4.69) is 15.3 Å². The molecule has 33 heavy (non-hydrogen) atoms. The van der Waals surface area contributed by atoms with Gasteiger partial charge in [0.25, 0.3) is 11.6 Å².